The standard InChI is InChI=1S/C16H15NO4/c18-15(9-8-14-7-4-10-20-14)17-11-16(19)21-12-13-5-2-1-3-6-13/h1-10H,11-12H2,(H,17,18)/b9-8+. The summed E-state index contributed by atoms with van der Waals surface area (Å²) in [5.41, 5.74) is 0.898. The summed E-state index contributed by atoms with van der Waals surface area (Å²) in [6.45, 7) is 0.0198. The number of furan rings is 1. The molecule has 1 aromatic heterocycles. The molecule has 0 unspecified atom stereocenters. The van der Waals surface area contributed by atoms with Gasteiger partial charge in [-0.25, -0.2) is 0 Å². The minimum absolute atomic E-state index is 0.172. The first-order chi connectivity index (χ1) is 10.2. The van der Waals surface area contributed by atoms with Gasteiger partial charge in [0.2, 0.25) is 5.91 Å². The summed E-state index contributed by atoms with van der Waals surface area (Å²) < 4.78 is 10.1. The largest absolute Gasteiger partial charge is 0.465 e. The molecule has 0 spiro atoms. The van der Waals surface area contributed by atoms with Gasteiger partial charge in [-0.1, -0.05) is 30.3 Å². The maximum absolute atomic E-state index is 11.5. The molecule has 2 rings (SSSR count). The van der Waals surface area contributed by atoms with E-state index >= 15 is 0 Å². The third kappa shape index (κ3) is 5.36. The summed E-state index contributed by atoms with van der Waals surface area (Å²) in [4.78, 5) is 22.9. The molecule has 1 amide bonds. The topological polar surface area (TPSA) is 68.5 Å². The average Bonchev–Trinajstić information content (AvgIpc) is 3.03. The fraction of sp³-hybridized carbons (Fsp3) is 0.125. The van der Waals surface area contributed by atoms with Crippen molar-refractivity contribution in [2.75, 3.05) is 6.54 Å². The van der Waals surface area contributed by atoms with Crippen molar-refractivity contribution in [3.8, 4) is 0 Å². The molecule has 0 aliphatic carbocycles. The molecule has 0 saturated carbocycles. The lowest BCUT2D eigenvalue weighted by molar-refractivity contribution is -0.144. The van der Waals surface area contributed by atoms with E-state index in [4.69, 9.17) is 9.15 Å². The van der Waals surface area contributed by atoms with E-state index in [0.29, 0.717) is 5.76 Å². The van der Waals surface area contributed by atoms with Gasteiger partial charge in [-0.2, -0.15) is 0 Å². The van der Waals surface area contributed by atoms with Crippen LogP contribution < -0.4 is 5.32 Å². The molecule has 21 heavy (non-hydrogen) atoms. The normalized spacial score (nSPS) is 10.5. The fourth-order valence-electron chi connectivity index (χ4n) is 1.55. The van der Waals surface area contributed by atoms with Crippen LogP contribution in [0.3, 0.4) is 0 Å². The lowest BCUT2D eigenvalue weighted by Gasteiger charge is -2.05. The van der Waals surface area contributed by atoms with Gasteiger partial charge in [-0.05, 0) is 23.8 Å². The molecule has 108 valence electrons. The zero-order chi connectivity index (χ0) is 14.9. The summed E-state index contributed by atoms with van der Waals surface area (Å²) in [6, 6.07) is 12.8. The Labute approximate surface area is 122 Å². The number of esters is 1. The number of amides is 1. The van der Waals surface area contributed by atoms with Crippen molar-refractivity contribution in [1.29, 1.82) is 0 Å². The van der Waals surface area contributed by atoms with Crippen LogP contribution in [0.1, 0.15) is 11.3 Å². The molecule has 5 nitrogen and oxygen atoms in total. The van der Waals surface area contributed by atoms with Crippen LogP contribution in [0.2, 0.25) is 0 Å². The number of hydrogen-bond acceptors (Lipinski definition) is 4. The molecular weight excluding hydrogens is 270 g/mol. The first-order valence-electron chi connectivity index (χ1n) is 6.43. The number of carbonyl (C=O) groups excluding carboxylic acids is 2. The second-order valence-corrected chi connectivity index (χ2v) is 4.21. The van der Waals surface area contributed by atoms with E-state index in [1.165, 1.54) is 18.4 Å². The minimum atomic E-state index is -0.487. The third-order valence-corrected chi connectivity index (χ3v) is 2.59. The molecular formula is C16H15NO4. The summed E-state index contributed by atoms with van der Waals surface area (Å²) in [5.74, 6) is -0.307. The van der Waals surface area contributed by atoms with Crippen molar-refractivity contribution in [3.63, 3.8) is 0 Å². The van der Waals surface area contributed by atoms with Gasteiger partial charge in [0.1, 0.15) is 18.9 Å². The van der Waals surface area contributed by atoms with Crippen LogP contribution in [0.4, 0.5) is 0 Å². The predicted molar refractivity (Wildman–Crippen MR) is 77.0 cm³/mol. The molecule has 0 bridgehead atoms. The van der Waals surface area contributed by atoms with Gasteiger partial charge in [0.15, 0.2) is 0 Å². The van der Waals surface area contributed by atoms with E-state index in [0.717, 1.165) is 5.56 Å². The summed E-state index contributed by atoms with van der Waals surface area (Å²) >= 11 is 0. The van der Waals surface area contributed by atoms with E-state index < -0.39 is 5.97 Å². The van der Waals surface area contributed by atoms with E-state index in [1.54, 1.807) is 12.1 Å². The van der Waals surface area contributed by atoms with Gasteiger partial charge in [0.25, 0.3) is 0 Å². The maximum atomic E-state index is 11.5. The van der Waals surface area contributed by atoms with Crippen molar-refractivity contribution < 1.29 is 18.7 Å². The van der Waals surface area contributed by atoms with Gasteiger partial charge in [0.05, 0.1) is 6.26 Å². The summed E-state index contributed by atoms with van der Waals surface area (Å²) in [6.07, 6.45) is 4.33. The fourth-order valence-corrected chi connectivity index (χ4v) is 1.55. The molecule has 0 aliphatic rings. The van der Waals surface area contributed by atoms with Crippen molar-refractivity contribution in [2.24, 2.45) is 0 Å². The molecule has 1 aromatic carbocycles. The number of hydrogen-bond donors (Lipinski definition) is 1. The monoisotopic (exact) mass is 285 g/mol. The van der Waals surface area contributed by atoms with E-state index in [-0.39, 0.29) is 19.1 Å². The highest BCUT2D eigenvalue weighted by atomic mass is 16.5. The Kier molecular flexibility index (Phi) is 5.34. The predicted octanol–water partition coefficient (Wildman–Crippen LogP) is 2.15. The van der Waals surface area contributed by atoms with Crippen LogP contribution in [-0.2, 0) is 20.9 Å². The SMILES string of the molecule is O=C(/C=C/c1ccco1)NCC(=O)OCc1ccccc1. The van der Waals surface area contributed by atoms with Crippen LogP contribution in [0.15, 0.2) is 59.2 Å². The Bertz CT molecular complexity index is 602. The van der Waals surface area contributed by atoms with Gasteiger partial charge in [-0.3, -0.25) is 9.59 Å². The van der Waals surface area contributed by atoms with E-state index in [2.05, 4.69) is 5.32 Å². The zero-order valence-electron chi connectivity index (χ0n) is 11.3. The van der Waals surface area contributed by atoms with Crippen molar-refractivity contribution >= 4 is 18.0 Å². The van der Waals surface area contributed by atoms with Crippen LogP contribution in [0, 0.1) is 0 Å². The highest BCUT2D eigenvalue weighted by Crippen LogP contribution is 2.02. The lowest BCUT2D eigenvalue weighted by atomic mass is 10.2. The second kappa shape index (κ2) is 7.69. The third-order valence-electron chi connectivity index (χ3n) is 2.59. The smallest absolute Gasteiger partial charge is 0.325 e. The molecule has 1 N–H and O–H groups in total. The zero-order valence-corrected chi connectivity index (χ0v) is 11.3. The van der Waals surface area contributed by atoms with Gasteiger partial charge in [-0.15, -0.1) is 0 Å². The van der Waals surface area contributed by atoms with Crippen LogP contribution in [0.25, 0.3) is 6.08 Å². The average molecular weight is 285 g/mol. The van der Waals surface area contributed by atoms with E-state index in [1.807, 2.05) is 30.3 Å². The number of ether oxygens (including phenoxy) is 1. The number of carbonyl (C=O) groups is 2. The maximum Gasteiger partial charge on any atom is 0.325 e. The number of benzene rings is 1. The Morgan fingerprint density at radius 2 is 1.95 bits per heavy atom. The first kappa shape index (κ1) is 14.6. The van der Waals surface area contributed by atoms with Gasteiger partial charge in [0, 0.05) is 6.08 Å². The van der Waals surface area contributed by atoms with Gasteiger partial charge >= 0.3 is 5.97 Å². The van der Waals surface area contributed by atoms with Gasteiger partial charge < -0.3 is 14.5 Å². The quantitative estimate of drug-likeness (QED) is 0.652. The number of nitrogens with one attached hydrogen (secondary N) is 1. The van der Waals surface area contributed by atoms with Crippen LogP contribution in [0.5, 0.6) is 0 Å². The molecule has 0 atom stereocenters. The first-order valence-corrected chi connectivity index (χ1v) is 6.43. The summed E-state index contributed by atoms with van der Waals surface area (Å²) in [7, 11) is 0. The molecule has 0 fully saturated rings. The summed E-state index contributed by atoms with van der Waals surface area (Å²) in [5, 5.41) is 2.44. The van der Waals surface area contributed by atoms with Crippen LogP contribution >= 0.6 is 0 Å². The Morgan fingerprint density at radius 1 is 1.14 bits per heavy atom. The second-order valence-electron chi connectivity index (χ2n) is 4.21. The Hall–Kier alpha value is -2.82. The molecule has 1 heterocycles. The minimum Gasteiger partial charge on any atom is -0.465 e. The highest BCUT2D eigenvalue weighted by Gasteiger charge is 2.05. The lowest BCUT2D eigenvalue weighted by Crippen LogP contribution is -2.29. The van der Waals surface area contributed by atoms with Crippen LogP contribution in [-0.4, -0.2) is 18.4 Å². The van der Waals surface area contributed by atoms with Crippen molar-refractivity contribution in [3.05, 3.63) is 66.1 Å². The molecule has 0 saturated heterocycles. The molecule has 0 aliphatic heterocycles. The molecule has 0 radical (unpaired) electrons. The Balaban J connectivity index is 1.68. The van der Waals surface area contributed by atoms with E-state index in [9.17, 15) is 9.59 Å². The molecule has 2 aromatic rings. The molecule has 5 heteroatoms. The highest BCUT2D eigenvalue weighted by molar-refractivity contribution is 5.93. The van der Waals surface area contributed by atoms with Crippen molar-refractivity contribution in [1.82, 2.24) is 5.32 Å². The Morgan fingerprint density at radius 3 is 2.67 bits per heavy atom. The number of rotatable bonds is 6. The van der Waals surface area contributed by atoms with Crippen molar-refractivity contribution in [2.45, 2.75) is 6.61 Å².